The number of carbonyl (C=O) groups is 2. The Morgan fingerprint density at radius 1 is 1.24 bits per heavy atom. The molecule has 10 heteroatoms. The van der Waals surface area contributed by atoms with Gasteiger partial charge in [-0.1, -0.05) is 37.1 Å². The highest BCUT2D eigenvalue weighted by molar-refractivity contribution is 6.01. The summed E-state index contributed by atoms with van der Waals surface area (Å²) < 4.78 is 6.67. The van der Waals surface area contributed by atoms with Gasteiger partial charge in [-0.25, -0.2) is 9.67 Å². The monoisotopic (exact) mass is 465 g/mol. The Hall–Kier alpha value is -3.56. The van der Waals surface area contributed by atoms with Crippen molar-refractivity contribution in [2.45, 2.75) is 58.9 Å². The van der Waals surface area contributed by atoms with Crippen molar-refractivity contribution < 1.29 is 14.1 Å². The van der Waals surface area contributed by atoms with Gasteiger partial charge in [0.05, 0.1) is 17.1 Å². The molecule has 180 valence electrons. The van der Waals surface area contributed by atoms with Crippen molar-refractivity contribution in [3.8, 4) is 11.3 Å². The molecule has 4 rings (SSSR count). The summed E-state index contributed by atoms with van der Waals surface area (Å²) in [5.74, 6) is 0.469. The number of hydrogen-bond acceptors (Lipinski definition) is 7. The van der Waals surface area contributed by atoms with Gasteiger partial charge in [-0.05, 0) is 50.2 Å². The van der Waals surface area contributed by atoms with E-state index in [0.29, 0.717) is 29.4 Å². The zero-order valence-corrected chi connectivity index (χ0v) is 20.0. The lowest BCUT2D eigenvalue weighted by molar-refractivity contribution is -0.119. The van der Waals surface area contributed by atoms with Gasteiger partial charge in [-0.3, -0.25) is 9.59 Å². The Kier molecular flexibility index (Phi) is 7.04. The molecule has 2 amide bonds. The van der Waals surface area contributed by atoms with E-state index in [1.165, 1.54) is 6.26 Å². The molecule has 0 spiro atoms. The van der Waals surface area contributed by atoms with E-state index in [2.05, 4.69) is 38.0 Å². The van der Waals surface area contributed by atoms with Gasteiger partial charge in [0.25, 0.3) is 5.91 Å². The zero-order chi connectivity index (χ0) is 24.2. The SMILES string of the molecule is CCc1nocc1C(=O)N[C@H](C(=O)Nc1ccc(-c2c(C)nnn2C)cn1)C1CCC(C)CC1. The van der Waals surface area contributed by atoms with E-state index in [-0.39, 0.29) is 17.7 Å². The van der Waals surface area contributed by atoms with Crippen molar-refractivity contribution in [3.63, 3.8) is 0 Å². The molecule has 0 aliphatic heterocycles. The Morgan fingerprint density at radius 3 is 2.62 bits per heavy atom. The predicted octanol–water partition coefficient (Wildman–Crippen LogP) is 3.30. The molecule has 1 aliphatic rings. The fraction of sp³-hybridized carbons (Fsp3) is 0.500. The smallest absolute Gasteiger partial charge is 0.257 e. The summed E-state index contributed by atoms with van der Waals surface area (Å²) >= 11 is 0. The first-order valence-electron chi connectivity index (χ1n) is 11.7. The lowest BCUT2D eigenvalue weighted by Gasteiger charge is -2.32. The summed E-state index contributed by atoms with van der Waals surface area (Å²) in [6, 6.07) is 2.94. The van der Waals surface area contributed by atoms with Crippen molar-refractivity contribution in [2.75, 3.05) is 5.32 Å². The van der Waals surface area contributed by atoms with Crippen molar-refractivity contribution in [3.05, 3.63) is 41.5 Å². The fourth-order valence-electron chi connectivity index (χ4n) is 4.60. The van der Waals surface area contributed by atoms with Crippen LogP contribution < -0.4 is 10.6 Å². The highest BCUT2D eigenvalue weighted by Gasteiger charge is 2.33. The average molecular weight is 466 g/mol. The topological polar surface area (TPSA) is 128 Å². The van der Waals surface area contributed by atoms with Gasteiger partial charge in [-0.15, -0.1) is 5.10 Å². The Labute approximate surface area is 198 Å². The average Bonchev–Trinajstić information content (AvgIpc) is 3.45. The summed E-state index contributed by atoms with van der Waals surface area (Å²) in [6.07, 6.45) is 7.40. The number of rotatable bonds is 7. The summed E-state index contributed by atoms with van der Waals surface area (Å²) in [5.41, 5.74) is 3.47. The Morgan fingerprint density at radius 2 is 2.00 bits per heavy atom. The van der Waals surface area contributed by atoms with Crippen LogP contribution >= 0.6 is 0 Å². The molecular weight excluding hydrogens is 434 g/mol. The quantitative estimate of drug-likeness (QED) is 0.548. The van der Waals surface area contributed by atoms with Crippen LogP contribution in [0.3, 0.4) is 0 Å². The van der Waals surface area contributed by atoms with Crippen LogP contribution in [0.1, 0.15) is 61.3 Å². The molecule has 0 unspecified atom stereocenters. The van der Waals surface area contributed by atoms with Crippen molar-refractivity contribution in [2.24, 2.45) is 18.9 Å². The lowest BCUT2D eigenvalue weighted by Crippen LogP contribution is -2.49. The maximum Gasteiger partial charge on any atom is 0.257 e. The molecular formula is C24H31N7O3. The Balaban J connectivity index is 1.51. The van der Waals surface area contributed by atoms with Crippen molar-refractivity contribution in [1.82, 2.24) is 30.5 Å². The molecule has 2 N–H and O–H groups in total. The first-order chi connectivity index (χ1) is 16.4. The van der Waals surface area contributed by atoms with Crippen LogP contribution in [-0.4, -0.2) is 43.0 Å². The second kappa shape index (κ2) is 10.1. The molecule has 0 bridgehead atoms. The van der Waals surface area contributed by atoms with Crippen molar-refractivity contribution in [1.29, 1.82) is 0 Å². The third kappa shape index (κ3) is 5.00. The second-order valence-corrected chi connectivity index (χ2v) is 9.07. The highest BCUT2D eigenvalue weighted by Crippen LogP contribution is 2.31. The third-order valence-electron chi connectivity index (χ3n) is 6.61. The normalized spacial score (nSPS) is 18.9. The van der Waals surface area contributed by atoms with Gasteiger partial charge in [0, 0.05) is 18.8 Å². The van der Waals surface area contributed by atoms with E-state index < -0.39 is 6.04 Å². The number of carbonyl (C=O) groups excluding carboxylic acids is 2. The van der Waals surface area contributed by atoms with Crippen LogP contribution in [-0.2, 0) is 18.3 Å². The summed E-state index contributed by atoms with van der Waals surface area (Å²) in [7, 11) is 1.82. The van der Waals surface area contributed by atoms with Gasteiger partial charge in [-0.2, -0.15) is 0 Å². The molecule has 1 aliphatic carbocycles. The molecule has 0 aromatic carbocycles. The Bertz CT molecular complexity index is 1120. The minimum Gasteiger partial charge on any atom is -0.364 e. The van der Waals surface area contributed by atoms with Gasteiger partial charge in [0.1, 0.15) is 23.7 Å². The molecule has 0 radical (unpaired) electrons. The number of pyridine rings is 1. The maximum atomic E-state index is 13.3. The molecule has 1 atom stereocenters. The summed E-state index contributed by atoms with van der Waals surface area (Å²) in [4.78, 5) is 30.7. The number of anilines is 1. The number of amides is 2. The van der Waals surface area contributed by atoms with E-state index in [1.807, 2.05) is 27.0 Å². The van der Waals surface area contributed by atoms with Crippen LogP contribution in [0.5, 0.6) is 0 Å². The first-order valence-corrected chi connectivity index (χ1v) is 11.7. The molecule has 34 heavy (non-hydrogen) atoms. The third-order valence-corrected chi connectivity index (χ3v) is 6.61. The molecule has 10 nitrogen and oxygen atoms in total. The molecule has 1 fully saturated rings. The molecule has 1 saturated carbocycles. The first kappa shape index (κ1) is 23.6. The van der Waals surface area contributed by atoms with Gasteiger partial charge in [0.15, 0.2) is 0 Å². The van der Waals surface area contributed by atoms with Gasteiger partial charge in [0.2, 0.25) is 5.91 Å². The maximum absolute atomic E-state index is 13.3. The predicted molar refractivity (Wildman–Crippen MR) is 126 cm³/mol. The second-order valence-electron chi connectivity index (χ2n) is 9.07. The van der Waals surface area contributed by atoms with Crippen LogP contribution in [0.4, 0.5) is 5.82 Å². The number of hydrogen-bond donors (Lipinski definition) is 2. The number of aromatic nitrogens is 5. The minimum absolute atomic E-state index is 0.0486. The van der Waals surface area contributed by atoms with E-state index in [9.17, 15) is 9.59 Å². The van der Waals surface area contributed by atoms with E-state index in [0.717, 1.165) is 42.6 Å². The van der Waals surface area contributed by atoms with Crippen molar-refractivity contribution >= 4 is 17.6 Å². The zero-order valence-electron chi connectivity index (χ0n) is 20.0. The van der Waals surface area contributed by atoms with Gasteiger partial charge < -0.3 is 15.2 Å². The van der Waals surface area contributed by atoms with Crippen LogP contribution in [0, 0.1) is 18.8 Å². The summed E-state index contributed by atoms with van der Waals surface area (Å²) in [6.45, 7) is 6.01. The van der Waals surface area contributed by atoms with E-state index in [1.54, 1.807) is 16.9 Å². The number of nitrogens with one attached hydrogen (secondary N) is 2. The number of nitrogens with zero attached hydrogens (tertiary/aromatic N) is 5. The largest absolute Gasteiger partial charge is 0.364 e. The standard InChI is InChI=1S/C24H31N7O3/c1-5-19-18(13-34-29-19)23(32)27-21(16-8-6-14(2)7-9-16)24(33)26-20-11-10-17(12-25-20)22-15(3)28-30-31(22)4/h10-14,16,21H,5-9H2,1-4H3,(H,27,32)(H,25,26,33)/t14?,16?,21-/m0/s1. The molecule has 0 saturated heterocycles. The summed E-state index contributed by atoms with van der Waals surface area (Å²) in [5, 5.41) is 17.8. The lowest BCUT2D eigenvalue weighted by atomic mass is 9.79. The fourth-order valence-corrected chi connectivity index (χ4v) is 4.60. The molecule has 3 aromatic rings. The van der Waals surface area contributed by atoms with Gasteiger partial charge >= 0.3 is 0 Å². The van der Waals surface area contributed by atoms with E-state index in [4.69, 9.17) is 4.52 Å². The molecule has 3 aromatic heterocycles. The molecule has 3 heterocycles. The number of aryl methyl sites for hydroxylation is 3. The van der Waals surface area contributed by atoms with E-state index >= 15 is 0 Å². The minimum atomic E-state index is -0.676. The highest BCUT2D eigenvalue weighted by atomic mass is 16.5. The van der Waals surface area contributed by atoms with Crippen LogP contribution in [0.2, 0.25) is 0 Å². The van der Waals surface area contributed by atoms with Crippen LogP contribution in [0.25, 0.3) is 11.3 Å². The van der Waals surface area contributed by atoms with Crippen LogP contribution in [0.15, 0.2) is 29.1 Å².